The van der Waals surface area contributed by atoms with Gasteiger partial charge in [-0.3, -0.25) is 19.3 Å². The van der Waals surface area contributed by atoms with Gasteiger partial charge in [0.15, 0.2) is 5.78 Å². The van der Waals surface area contributed by atoms with Gasteiger partial charge in [-0.1, -0.05) is 42.5 Å². The van der Waals surface area contributed by atoms with E-state index in [1.807, 2.05) is 19.9 Å². The van der Waals surface area contributed by atoms with E-state index < -0.39 is 27.9 Å². The van der Waals surface area contributed by atoms with E-state index >= 15 is 0 Å². The van der Waals surface area contributed by atoms with E-state index in [4.69, 9.17) is 5.14 Å². The predicted molar refractivity (Wildman–Crippen MR) is 133 cm³/mol. The Bertz CT molecular complexity index is 1430. The first kappa shape index (κ1) is 24.3. The lowest BCUT2D eigenvalue weighted by molar-refractivity contribution is -0.124. The van der Waals surface area contributed by atoms with E-state index in [0.717, 1.165) is 11.1 Å². The van der Waals surface area contributed by atoms with Gasteiger partial charge in [0.05, 0.1) is 16.3 Å². The van der Waals surface area contributed by atoms with Crippen molar-refractivity contribution >= 4 is 39.0 Å². The molecule has 9 heteroatoms. The number of carbonyl (C=O) groups excluding carboxylic acids is 3. The molecule has 1 aliphatic heterocycles. The van der Waals surface area contributed by atoms with Gasteiger partial charge in [-0.2, -0.15) is 0 Å². The highest BCUT2D eigenvalue weighted by Gasteiger charge is 2.38. The Morgan fingerprint density at radius 1 is 0.943 bits per heavy atom. The first-order valence-corrected chi connectivity index (χ1v) is 12.6. The second-order valence-corrected chi connectivity index (χ2v) is 10.1. The van der Waals surface area contributed by atoms with Crippen LogP contribution in [0.15, 0.2) is 71.6 Å². The first-order chi connectivity index (χ1) is 16.6. The van der Waals surface area contributed by atoms with Gasteiger partial charge in [0.1, 0.15) is 6.04 Å². The maximum atomic E-state index is 13.5. The van der Waals surface area contributed by atoms with Gasteiger partial charge in [0, 0.05) is 18.4 Å². The number of nitrogens with two attached hydrogens (primary N) is 1. The summed E-state index contributed by atoms with van der Waals surface area (Å²) in [6.07, 6.45) is -0.162. The molecular weight excluding hydrogens is 466 g/mol. The third-order valence-electron chi connectivity index (χ3n) is 6.10. The van der Waals surface area contributed by atoms with Crippen molar-refractivity contribution in [2.45, 2.75) is 37.6 Å². The number of Topliss-reactive ketones (excluding diaryl/α,β-unsaturated/α-hetero) is 1. The van der Waals surface area contributed by atoms with E-state index in [9.17, 15) is 22.8 Å². The van der Waals surface area contributed by atoms with Crippen molar-refractivity contribution in [3.63, 3.8) is 0 Å². The fraction of sp³-hybridized carbons (Fsp3) is 0.192. The molecule has 1 unspecified atom stereocenters. The molecule has 0 aliphatic carbocycles. The molecule has 0 bridgehead atoms. The summed E-state index contributed by atoms with van der Waals surface area (Å²) >= 11 is 0. The lowest BCUT2D eigenvalue weighted by Gasteiger charge is -2.37. The average Bonchev–Trinajstić information content (AvgIpc) is 2.82. The van der Waals surface area contributed by atoms with Crippen LogP contribution in [0.5, 0.6) is 0 Å². The Hall–Kier alpha value is -3.82. The third kappa shape index (κ3) is 5.01. The molecule has 4 rings (SSSR count). The Kier molecular flexibility index (Phi) is 6.56. The van der Waals surface area contributed by atoms with Crippen molar-refractivity contribution in [2.75, 3.05) is 10.2 Å². The lowest BCUT2D eigenvalue weighted by Crippen LogP contribution is -2.45. The van der Waals surface area contributed by atoms with Gasteiger partial charge in [0.25, 0.3) is 5.91 Å². The molecule has 1 heterocycles. The molecule has 0 aromatic heterocycles. The number of hydrogen-bond acceptors (Lipinski definition) is 5. The number of nitrogens with zero attached hydrogens (tertiary/aromatic N) is 1. The Morgan fingerprint density at radius 2 is 1.66 bits per heavy atom. The highest BCUT2D eigenvalue weighted by molar-refractivity contribution is 7.89. The number of ketones is 1. The number of sulfonamides is 1. The summed E-state index contributed by atoms with van der Waals surface area (Å²) in [5.41, 5.74) is 3.64. The van der Waals surface area contributed by atoms with Crippen molar-refractivity contribution < 1.29 is 22.8 Å². The number of carbonyl (C=O) groups is 3. The van der Waals surface area contributed by atoms with Gasteiger partial charge >= 0.3 is 0 Å². The molecule has 1 aliphatic rings. The van der Waals surface area contributed by atoms with Crippen LogP contribution in [0.4, 0.5) is 11.4 Å². The lowest BCUT2D eigenvalue weighted by atomic mass is 9.98. The van der Waals surface area contributed by atoms with Crippen LogP contribution in [-0.2, 0) is 19.6 Å². The predicted octanol–water partition coefficient (Wildman–Crippen LogP) is 3.64. The van der Waals surface area contributed by atoms with E-state index in [2.05, 4.69) is 5.32 Å². The van der Waals surface area contributed by atoms with E-state index in [-0.39, 0.29) is 29.2 Å². The SMILES string of the molecule is Cc1ccc(C(=O)CCC(=O)N2c3ccc(S(N)(=O)=O)cc3NC(=O)C2c2ccccc2)cc1C. The fourth-order valence-electron chi connectivity index (χ4n) is 4.07. The zero-order valence-corrected chi connectivity index (χ0v) is 20.1. The smallest absolute Gasteiger partial charge is 0.252 e. The van der Waals surface area contributed by atoms with Gasteiger partial charge < -0.3 is 5.32 Å². The standard InChI is InChI=1S/C26H25N3O5S/c1-16-8-9-19(14-17(16)2)23(30)12-13-24(31)29-22-11-10-20(35(27,33)34)15-21(22)28-26(32)25(29)18-6-4-3-5-7-18/h3-11,14-15,25H,12-13H2,1-2H3,(H,28,32)(H2,27,33,34). The van der Waals surface area contributed by atoms with Crippen LogP contribution in [0, 0.1) is 13.8 Å². The second kappa shape index (κ2) is 9.44. The number of hydrogen-bond donors (Lipinski definition) is 2. The normalized spacial score (nSPS) is 15.3. The molecule has 0 spiro atoms. The zero-order chi connectivity index (χ0) is 25.3. The molecule has 0 saturated carbocycles. The summed E-state index contributed by atoms with van der Waals surface area (Å²) in [5.74, 6) is -1.11. The fourth-order valence-corrected chi connectivity index (χ4v) is 4.61. The number of anilines is 2. The molecular formula is C26H25N3O5S. The topological polar surface area (TPSA) is 127 Å². The second-order valence-electron chi connectivity index (χ2n) is 8.51. The van der Waals surface area contributed by atoms with E-state index in [1.165, 1.54) is 23.1 Å². The number of amides is 2. The summed E-state index contributed by atoms with van der Waals surface area (Å²) in [5, 5.41) is 7.92. The summed E-state index contributed by atoms with van der Waals surface area (Å²) in [7, 11) is -4.02. The van der Waals surface area contributed by atoms with E-state index in [0.29, 0.717) is 16.8 Å². The monoisotopic (exact) mass is 491 g/mol. The van der Waals surface area contributed by atoms with Crippen molar-refractivity contribution in [1.82, 2.24) is 0 Å². The Morgan fingerprint density at radius 3 is 2.31 bits per heavy atom. The van der Waals surface area contributed by atoms with E-state index in [1.54, 1.807) is 42.5 Å². The van der Waals surface area contributed by atoms with Crippen molar-refractivity contribution in [3.8, 4) is 0 Å². The summed E-state index contributed by atoms with van der Waals surface area (Å²) in [6, 6.07) is 17.1. The number of aryl methyl sites for hydroxylation is 2. The van der Waals surface area contributed by atoms with Crippen LogP contribution in [0.1, 0.15) is 45.9 Å². The van der Waals surface area contributed by atoms with Crippen LogP contribution < -0.4 is 15.4 Å². The summed E-state index contributed by atoms with van der Waals surface area (Å²) in [6.45, 7) is 3.87. The highest BCUT2D eigenvalue weighted by atomic mass is 32.2. The average molecular weight is 492 g/mol. The number of rotatable bonds is 6. The summed E-state index contributed by atoms with van der Waals surface area (Å²) in [4.78, 5) is 40.5. The quantitative estimate of drug-likeness (QED) is 0.509. The Balaban J connectivity index is 1.68. The molecule has 0 saturated heterocycles. The van der Waals surface area contributed by atoms with Gasteiger partial charge in [-0.05, 0) is 54.8 Å². The maximum absolute atomic E-state index is 13.5. The van der Waals surface area contributed by atoms with Crippen LogP contribution in [0.3, 0.4) is 0 Å². The van der Waals surface area contributed by atoms with Crippen LogP contribution in [0.25, 0.3) is 0 Å². The first-order valence-electron chi connectivity index (χ1n) is 11.0. The molecule has 3 N–H and O–H groups in total. The minimum Gasteiger partial charge on any atom is -0.322 e. The van der Waals surface area contributed by atoms with Gasteiger partial charge in [0.2, 0.25) is 15.9 Å². The van der Waals surface area contributed by atoms with Crippen molar-refractivity contribution in [3.05, 3.63) is 89.0 Å². The number of primary sulfonamides is 1. The molecule has 180 valence electrons. The van der Waals surface area contributed by atoms with Gasteiger partial charge in [-0.25, -0.2) is 13.6 Å². The molecule has 3 aromatic rings. The molecule has 2 amide bonds. The molecule has 0 fully saturated rings. The van der Waals surface area contributed by atoms with Crippen LogP contribution in [-0.4, -0.2) is 26.0 Å². The van der Waals surface area contributed by atoms with Crippen molar-refractivity contribution in [2.24, 2.45) is 5.14 Å². The molecule has 1 atom stereocenters. The largest absolute Gasteiger partial charge is 0.322 e. The minimum absolute atomic E-state index is 0.0362. The molecule has 35 heavy (non-hydrogen) atoms. The summed E-state index contributed by atoms with van der Waals surface area (Å²) < 4.78 is 23.6. The zero-order valence-electron chi connectivity index (χ0n) is 19.3. The van der Waals surface area contributed by atoms with Crippen LogP contribution >= 0.6 is 0 Å². The van der Waals surface area contributed by atoms with Crippen molar-refractivity contribution in [1.29, 1.82) is 0 Å². The van der Waals surface area contributed by atoms with Gasteiger partial charge in [-0.15, -0.1) is 0 Å². The third-order valence-corrected chi connectivity index (χ3v) is 7.01. The molecule has 0 radical (unpaired) electrons. The maximum Gasteiger partial charge on any atom is 0.252 e. The highest BCUT2D eigenvalue weighted by Crippen LogP contribution is 2.40. The Labute approximate surface area is 203 Å². The number of nitrogens with one attached hydrogen (secondary N) is 1. The number of fused-ring (bicyclic) bond motifs is 1. The number of benzene rings is 3. The molecule has 3 aromatic carbocycles. The molecule has 8 nitrogen and oxygen atoms in total. The minimum atomic E-state index is -4.02. The van der Waals surface area contributed by atoms with Crippen LogP contribution in [0.2, 0.25) is 0 Å².